The average Bonchev–Trinajstić information content (AvgIpc) is 2.78. The standard InChI is InChI=1S/C21H42O10S.Na.H/c1-2-3-4-5-6-7-8-9-10-11-13-31-32(29,30)14-12-16(23)18(25)20(27)21(28)19(26)17(24)15-22;;/h16-17,19-24,26-28H,2-15H2,1H3;;/t16?,17-,19-,20+,21+;;/m1../s1. The molecule has 0 radical (unpaired) electrons. The van der Waals surface area contributed by atoms with Gasteiger partial charge in [-0.3, -0.25) is 8.98 Å². The van der Waals surface area contributed by atoms with Gasteiger partial charge in [-0.05, 0) is 12.8 Å². The van der Waals surface area contributed by atoms with Gasteiger partial charge in [0.25, 0.3) is 10.1 Å². The van der Waals surface area contributed by atoms with Gasteiger partial charge in [0.1, 0.15) is 30.5 Å². The summed E-state index contributed by atoms with van der Waals surface area (Å²) < 4.78 is 28.7. The molecule has 0 saturated heterocycles. The van der Waals surface area contributed by atoms with Crippen molar-refractivity contribution >= 4 is 45.5 Å². The van der Waals surface area contributed by atoms with Crippen molar-refractivity contribution in [2.24, 2.45) is 0 Å². The zero-order chi connectivity index (χ0) is 24.6. The molecule has 0 heterocycles. The summed E-state index contributed by atoms with van der Waals surface area (Å²) in [6.45, 7) is 1.27. The van der Waals surface area contributed by atoms with Gasteiger partial charge in [-0.25, -0.2) is 0 Å². The molecule has 0 aliphatic heterocycles. The minimum atomic E-state index is -3.98. The van der Waals surface area contributed by atoms with Crippen LogP contribution in [0.2, 0.25) is 0 Å². The van der Waals surface area contributed by atoms with Crippen molar-refractivity contribution in [1.29, 1.82) is 0 Å². The van der Waals surface area contributed by atoms with E-state index in [0.29, 0.717) is 6.42 Å². The Balaban J connectivity index is 0. The first-order valence-electron chi connectivity index (χ1n) is 11.5. The first-order chi connectivity index (χ1) is 15.1. The van der Waals surface area contributed by atoms with Crippen LogP contribution in [0.15, 0.2) is 0 Å². The summed E-state index contributed by atoms with van der Waals surface area (Å²) in [5, 5.41) is 56.7. The van der Waals surface area contributed by atoms with Gasteiger partial charge in [-0.15, -0.1) is 0 Å². The molecule has 0 fully saturated rings. The van der Waals surface area contributed by atoms with Crippen LogP contribution in [-0.4, -0.2) is 124 Å². The Kier molecular flexibility index (Phi) is 22.1. The second kappa shape index (κ2) is 20.5. The first-order valence-corrected chi connectivity index (χ1v) is 13.1. The summed E-state index contributed by atoms with van der Waals surface area (Å²) in [7, 11) is -3.98. The van der Waals surface area contributed by atoms with Crippen LogP contribution in [0, 0.1) is 0 Å². The van der Waals surface area contributed by atoms with E-state index < -0.39 is 65.2 Å². The number of ketones is 1. The Labute approximate surface area is 219 Å². The molecular weight excluding hydrogens is 467 g/mol. The van der Waals surface area contributed by atoms with Crippen LogP contribution in [-0.2, 0) is 19.1 Å². The molecule has 0 amide bonds. The number of rotatable bonds is 21. The van der Waals surface area contributed by atoms with E-state index in [1.807, 2.05) is 0 Å². The summed E-state index contributed by atoms with van der Waals surface area (Å²) in [5.41, 5.74) is 0. The van der Waals surface area contributed by atoms with E-state index in [1.54, 1.807) is 0 Å². The Morgan fingerprint density at radius 2 is 1.30 bits per heavy atom. The average molecular weight is 511 g/mol. The summed E-state index contributed by atoms with van der Waals surface area (Å²) in [6, 6.07) is 0. The third-order valence-electron chi connectivity index (χ3n) is 5.28. The predicted octanol–water partition coefficient (Wildman–Crippen LogP) is -0.639. The molecule has 0 aliphatic rings. The van der Waals surface area contributed by atoms with E-state index >= 15 is 0 Å². The Hall–Kier alpha value is 0.340. The molecule has 0 saturated carbocycles. The Bertz CT molecular complexity index is 590. The Morgan fingerprint density at radius 1 is 0.818 bits per heavy atom. The van der Waals surface area contributed by atoms with Crippen LogP contribution in [0.5, 0.6) is 0 Å². The van der Waals surface area contributed by atoms with Gasteiger partial charge in [-0.2, -0.15) is 8.42 Å². The fraction of sp³-hybridized carbons (Fsp3) is 0.952. The molecule has 6 N–H and O–H groups in total. The van der Waals surface area contributed by atoms with E-state index in [4.69, 9.17) is 9.29 Å². The van der Waals surface area contributed by atoms with Gasteiger partial charge in [0.15, 0.2) is 5.78 Å². The number of hydrogen-bond acceptors (Lipinski definition) is 10. The monoisotopic (exact) mass is 510 g/mol. The molecule has 10 nitrogen and oxygen atoms in total. The molecule has 1 unspecified atom stereocenters. The maximum absolute atomic E-state index is 11.9. The number of carbonyl (C=O) groups is 1. The van der Waals surface area contributed by atoms with E-state index in [1.165, 1.54) is 38.5 Å². The number of aliphatic hydroxyl groups excluding tert-OH is 6. The van der Waals surface area contributed by atoms with Gasteiger partial charge in [0.2, 0.25) is 0 Å². The molecule has 194 valence electrons. The fourth-order valence-electron chi connectivity index (χ4n) is 3.12. The van der Waals surface area contributed by atoms with Crippen molar-refractivity contribution in [2.75, 3.05) is 19.0 Å². The van der Waals surface area contributed by atoms with Crippen LogP contribution >= 0.6 is 0 Å². The van der Waals surface area contributed by atoms with E-state index in [0.717, 1.165) is 19.3 Å². The molecule has 0 aromatic carbocycles. The molecule has 0 aromatic rings. The molecule has 0 aliphatic carbocycles. The van der Waals surface area contributed by atoms with E-state index in [2.05, 4.69) is 6.92 Å². The summed E-state index contributed by atoms with van der Waals surface area (Å²) >= 11 is 0. The zero-order valence-corrected chi connectivity index (χ0v) is 19.8. The van der Waals surface area contributed by atoms with E-state index in [9.17, 15) is 38.7 Å². The van der Waals surface area contributed by atoms with Gasteiger partial charge >= 0.3 is 29.6 Å². The minimum absolute atomic E-state index is 0. The van der Waals surface area contributed by atoms with Crippen LogP contribution in [0.25, 0.3) is 0 Å². The number of carbonyl (C=O) groups excluding carboxylic acids is 1. The topological polar surface area (TPSA) is 182 Å². The third kappa shape index (κ3) is 16.6. The van der Waals surface area contributed by atoms with Crippen molar-refractivity contribution in [3.63, 3.8) is 0 Å². The quantitative estimate of drug-likeness (QED) is 0.0660. The molecule has 0 bridgehead atoms. The van der Waals surface area contributed by atoms with Gasteiger partial charge < -0.3 is 30.6 Å². The van der Waals surface area contributed by atoms with Crippen LogP contribution < -0.4 is 0 Å². The zero-order valence-electron chi connectivity index (χ0n) is 19.0. The number of Topliss-reactive ketones (excluding diaryl/α,β-unsaturated/α-hetero) is 1. The first kappa shape index (κ1) is 35.5. The second-order valence-electron chi connectivity index (χ2n) is 8.15. The molecule has 33 heavy (non-hydrogen) atoms. The molecule has 0 aromatic heterocycles. The van der Waals surface area contributed by atoms with Crippen LogP contribution in [0.3, 0.4) is 0 Å². The SMILES string of the molecule is CCCCCCCCCCCCOS(=O)(=O)CCC(O)C(=O)[C@H](O)[C@@H](O)[C@H](O)[C@H](O)CO.[NaH]. The Morgan fingerprint density at radius 3 is 1.79 bits per heavy atom. The van der Waals surface area contributed by atoms with E-state index in [-0.39, 0.29) is 36.2 Å². The van der Waals surface area contributed by atoms with Crippen LogP contribution in [0.4, 0.5) is 0 Å². The fourth-order valence-corrected chi connectivity index (χ4v) is 4.12. The van der Waals surface area contributed by atoms with Gasteiger partial charge in [0, 0.05) is 0 Å². The van der Waals surface area contributed by atoms with Crippen LogP contribution in [0.1, 0.15) is 77.6 Å². The molecule has 0 spiro atoms. The molecule has 12 heteroatoms. The number of hydrogen-bond donors (Lipinski definition) is 6. The molecule has 0 rings (SSSR count). The number of unbranched alkanes of at least 4 members (excludes halogenated alkanes) is 9. The molecular formula is C21H43NaO10S. The van der Waals surface area contributed by atoms with Crippen molar-refractivity contribution < 1.29 is 48.0 Å². The second-order valence-corrected chi connectivity index (χ2v) is 9.91. The summed E-state index contributed by atoms with van der Waals surface area (Å²) in [6.07, 6.45) is 0.197. The van der Waals surface area contributed by atoms with Crippen molar-refractivity contribution in [1.82, 2.24) is 0 Å². The third-order valence-corrected chi connectivity index (χ3v) is 6.54. The van der Waals surface area contributed by atoms with Crippen molar-refractivity contribution in [3.05, 3.63) is 0 Å². The summed E-state index contributed by atoms with van der Waals surface area (Å²) in [4.78, 5) is 11.9. The van der Waals surface area contributed by atoms with Crippen molar-refractivity contribution in [2.45, 2.75) is 108 Å². The summed E-state index contributed by atoms with van der Waals surface area (Å²) in [5.74, 6) is -1.98. The molecule has 5 atom stereocenters. The number of aliphatic hydroxyl groups is 6. The normalized spacial score (nSPS) is 16.5. The van der Waals surface area contributed by atoms with Gasteiger partial charge in [-0.1, -0.05) is 64.7 Å². The van der Waals surface area contributed by atoms with Gasteiger partial charge in [0.05, 0.1) is 19.0 Å². The maximum atomic E-state index is 11.9. The van der Waals surface area contributed by atoms with Crippen molar-refractivity contribution in [3.8, 4) is 0 Å². The predicted molar refractivity (Wildman–Crippen MR) is 125 cm³/mol.